The van der Waals surface area contributed by atoms with Crippen LogP contribution in [0.1, 0.15) is 119 Å². The minimum Gasteiger partial charge on any atom is -0.485 e. The molecule has 3 aliphatic rings. The minimum absolute atomic E-state index is 0.0318. The van der Waals surface area contributed by atoms with E-state index in [2.05, 4.69) is 33.9 Å². The highest BCUT2D eigenvalue weighted by Crippen LogP contribution is 2.40. The summed E-state index contributed by atoms with van der Waals surface area (Å²) in [6.45, 7) is 15.2. The molecule has 0 aliphatic carbocycles. The number of Topliss-reactive ketones (excluding diaryl/α,β-unsaturated/α-hetero) is 2. The number of ether oxygens (including phenoxy) is 6. The number of aryl methyl sites for hydroxylation is 2. The second kappa shape index (κ2) is 26.6. The van der Waals surface area contributed by atoms with Gasteiger partial charge in [-0.05, 0) is 83.7 Å². The maximum atomic E-state index is 13.1. The van der Waals surface area contributed by atoms with Gasteiger partial charge >= 0.3 is 0 Å². The van der Waals surface area contributed by atoms with E-state index in [0.29, 0.717) is 96.2 Å². The minimum atomic E-state index is -1.05. The van der Waals surface area contributed by atoms with Gasteiger partial charge in [-0.2, -0.15) is 0 Å². The number of hydrogen-bond donors (Lipinski definition) is 1. The molecule has 1 fully saturated rings. The first-order valence-electron chi connectivity index (χ1n) is 23.6. The number of aromatic nitrogens is 3. The zero-order valence-corrected chi connectivity index (χ0v) is 41.9. The summed E-state index contributed by atoms with van der Waals surface area (Å²) in [5, 5.41) is 12.7. The van der Waals surface area contributed by atoms with E-state index in [4.69, 9.17) is 45.0 Å². The number of imide groups is 2. The monoisotopic (exact) mass is 1000 g/mol. The lowest BCUT2D eigenvalue weighted by molar-refractivity contribution is -0.136. The van der Waals surface area contributed by atoms with Crippen molar-refractivity contribution in [2.75, 3.05) is 72.7 Å². The third kappa shape index (κ3) is 13.9. The van der Waals surface area contributed by atoms with E-state index >= 15 is 0 Å². The molecule has 0 radical (unpaired) electrons. The average molecular weight is 1010 g/mol. The number of halogens is 1. The molecule has 20 heteroatoms. The summed E-state index contributed by atoms with van der Waals surface area (Å²) >= 11 is 7.89. The standard InChI is InChI=1S/C30H39ClN4O5S.C20H22N2O7/c1-5-37-13-14-39-17-18-40-16-15-38-12-6-7-25(36)19-26-29-34-33-22(4)35(29)30-27(20(2)21(3)41-30)28(32-26)23-8-10-24(31)11-9-23;1-2-28-10-4-5-12(23)11-29-15-7-3-6-13-17(15)20(27)22(19(13)26)14-8-9-16(24)21-18(14)25/h8-11,26H,5-7,12-19H2,1-4H3;3,6-7,14H,2,4-5,8-11H2,1H3,(H,21,24,25)/t26-;/m0./s1. The quantitative estimate of drug-likeness (QED) is 0.0527. The number of hydrogen-bond acceptors (Lipinski definition) is 16. The molecule has 4 aromatic rings. The average Bonchev–Trinajstić information content (AvgIpc) is 3.92. The summed E-state index contributed by atoms with van der Waals surface area (Å²) in [6.07, 6.45) is 2.26. The van der Waals surface area contributed by atoms with Crippen LogP contribution in [0.3, 0.4) is 0 Å². The normalized spacial score (nSPS) is 16.2. The maximum Gasteiger partial charge on any atom is 0.266 e. The molecule has 18 nitrogen and oxygen atoms in total. The van der Waals surface area contributed by atoms with Crippen molar-refractivity contribution in [1.29, 1.82) is 0 Å². The first-order valence-corrected chi connectivity index (χ1v) is 24.8. The van der Waals surface area contributed by atoms with Crippen LogP contribution < -0.4 is 10.1 Å². The Labute approximate surface area is 416 Å². The number of carbonyl (C=O) groups excluding carboxylic acids is 6. The zero-order chi connectivity index (χ0) is 50.2. The largest absolute Gasteiger partial charge is 0.485 e. The first kappa shape index (κ1) is 53.8. The third-order valence-corrected chi connectivity index (χ3v) is 13.1. The highest BCUT2D eigenvalue weighted by Gasteiger charge is 2.46. The second-order valence-corrected chi connectivity index (χ2v) is 18.2. The molecule has 2 atom stereocenters. The fourth-order valence-electron chi connectivity index (χ4n) is 7.98. The van der Waals surface area contributed by atoms with Gasteiger partial charge in [-0.25, -0.2) is 0 Å². The number of ketones is 2. The predicted molar refractivity (Wildman–Crippen MR) is 260 cm³/mol. The molecule has 4 amide bonds. The predicted octanol–water partition coefficient (Wildman–Crippen LogP) is 6.48. The number of fused-ring (bicyclic) bond motifs is 4. The number of rotatable bonds is 26. The van der Waals surface area contributed by atoms with E-state index in [1.54, 1.807) is 17.4 Å². The van der Waals surface area contributed by atoms with E-state index in [1.165, 1.54) is 22.6 Å². The van der Waals surface area contributed by atoms with Crippen molar-refractivity contribution in [2.24, 2.45) is 4.99 Å². The van der Waals surface area contributed by atoms with Crippen LogP contribution in [0.15, 0.2) is 47.5 Å². The van der Waals surface area contributed by atoms with Gasteiger partial charge in [-0.1, -0.05) is 29.8 Å². The fraction of sp³-hybridized carbons (Fsp3) is 0.500. The zero-order valence-electron chi connectivity index (χ0n) is 40.3. The van der Waals surface area contributed by atoms with E-state index in [9.17, 15) is 28.8 Å². The molecule has 1 saturated heterocycles. The highest BCUT2D eigenvalue weighted by atomic mass is 35.5. The van der Waals surface area contributed by atoms with Gasteiger partial charge in [0.15, 0.2) is 11.6 Å². The Bertz CT molecular complexity index is 2520. The van der Waals surface area contributed by atoms with E-state index < -0.39 is 35.7 Å². The van der Waals surface area contributed by atoms with Crippen LogP contribution in [0.4, 0.5) is 0 Å². The Morgan fingerprint density at radius 1 is 0.771 bits per heavy atom. The molecule has 3 aliphatic heterocycles. The Hall–Kier alpha value is -5.54. The smallest absolute Gasteiger partial charge is 0.266 e. The summed E-state index contributed by atoms with van der Waals surface area (Å²) in [6, 6.07) is 10.7. The van der Waals surface area contributed by atoms with Gasteiger partial charge in [0.1, 0.15) is 41.0 Å². The van der Waals surface area contributed by atoms with Crippen LogP contribution in [-0.4, -0.2) is 139 Å². The molecule has 376 valence electrons. The number of benzene rings is 2. The van der Waals surface area contributed by atoms with Crippen molar-refractivity contribution < 1.29 is 57.2 Å². The molecule has 1 unspecified atom stereocenters. The molecule has 5 heterocycles. The third-order valence-electron chi connectivity index (χ3n) is 11.6. The highest BCUT2D eigenvalue weighted by molar-refractivity contribution is 7.15. The molecule has 1 N–H and O–H groups in total. The molecule has 0 bridgehead atoms. The second-order valence-electron chi connectivity index (χ2n) is 16.5. The number of amides is 4. The van der Waals surface area contributed by atoms with Crippen molar-refractivity contribution in [2.45, 2.75) is 91.6 Å². The summed E-state index contributed by atoms with van der Waals surface area (Å²) < 4.78 is 34.6. The molecular weight excluding hydrogens is 944 g/mol. The number of aliphatic imine (C=N–C) groups is 1. The van der Waals surface area contributed by atoms with Crippen LogP contribution in [-0.2, 0) is 42.9 Å². The molecular formula is C50H61ClN6O12S. The SMILES string of the molecule is CCOCCCC(=O)COc1cccc2c1C(=O)N(C1CCC(=O)NC1=O)C2=O.CCOCCOCCOCCOCCCC(=O)C[C@@H]1N=C(c2ccc(Cl)cc2)c2c(sc(C)c2C)-n2c(C)nnc21. The maximum absolute atomic E-state index is 13.1. The molecule has 2 aromatic heterocycles. The number of carbonyl (C=O) groups is 6. The number of piperidine rings is 1. The molecule has 70 heavy (non-hydrogen) atoms. The summed E-state index contributed by atoms with van der Waals surface area (Å²) in [5.74, 6) is -0.847. The Balaban J connectivity index is 0.000000244. The Kier molecular flexibility index (Phi) is 20.5. The molecule has 7 rings (SSSR count). The summed E-state index contributed by atoms with van der Waals surface area (Å²) in [7, 11) is 0. The van der Waals surface area contributed by atoms with Crippen LogP contribution >= 0.6 is 22.9 Å². The van der Waals surface area contributed by atoms with E-state index in [-0.39, 0.29) is 60.7 Å². The summed E-state index contributed by atoms with van der Waals surface area (Å²) in [4.78, 5) is 81.4. The van der Waals surface area contributed by atoms with Gasteiger partial charge < -0.3 is 28.4 Å². The van der Waals surface area contributed by atoms with Crippen LogP contribution in [0.2, 0.25) is 5.02 Å². The molecule has 0 spiro atoms. The van der Waals surface area contributed by atoms with E-state index in [0.717, 1.165) is 32.6 Å². The van der Waals surface area contributed by atoms with Crippen molar-refractivity contribution in [3.63, 3.8) is 0 Å². The molecule has 2 aromatic carbocycles. The lowest BCUT2D eigenvalue weighted by Crippen LogP contribution is -2.54. The van der Waals surface area contributed by atoms with Crippen molar-refractivity contribution in [3.8, 4) is 10.8 Å². The number of thiophene rings is 1. The van der Waals surface area contributed by atoms with Gasteiger partial charge in [0.05, 0.1) is 56.5 Å². The Morgan fingerprint density at radius 3 is 2.07 bits per heavy atom. The van der Waals surface area contributed by atoms with E-state index in [1.807, 2.05) is 45.0 Å². The number of nitrogens with one attached hydrogen (secondary N) is 1. The van der Waals surface area contributed by atoms with Gasteiger partial charge in [0.2, 0.25) is 11.8 Å². The lowest BCUT2D eigenvalue weighted by Gasteiger charge is -2.27. The van der Waals surface area contributed by atoms with Crippen molar-refractivity contribution >= 4 is 63.8 Å². The van der Waals surface area contributed by atoms with Gasteiger partial charge in [-0.15, -0.1) is 21.5 Å². The summed E-state index contributed by atoms with van der Waals surface area (Å²) in [5.41, 5.74) is 4.18. The lowest BCUT2D eigenvalue weighted by atomic mass is 9.99. The van der Waals surface area contributed by atoms with Gasteiger partial charge in [-0.3, -0.25) is 48.5 Å². The van der Waals surface area contributed by atoms with Crippen molar-refractivity contribution in [1.82, 2.24) is 25.0 Å². The van der Waals surface area contributed by atoms with Crippen molar-refractivity contribution in [3.05, 3.63) is 91.8 Å². The van der Waals surface area contributed by atoms with Crippen LogP contribution in [0.5, 0.6) is 5.75 Å². The first-order chi connectivity index (χ1) is 33.8. The fourth-order valence-corrected chi connectivity index (χ4v) is 9.32. The number of nitrogens with zero attached hydrogens (tertiary/aromatic N) is 5. The van der Waals surface area contributed by atoms with Crippen LogP contribution in [0, 0.1) is 20.8 Å². The van der Waals surface area contributed by atoms with Crippen LogP contribution in [0.25, 0.3) is 5.00 Å². The Morgan fingerprint density at radius 2 is 1.40 bits per heavy atom. The van der Waals surface area contributed by atoms with Gasteiger partial charge in [0, 0.05) is 73.1 Å². The van der Waals surface area contributed by atoms with Gasteiger partial charge in [0.25, 0.3) is 11.8 Å². The topological polar surface area (TPSA) is 216 Å². The molecule has 0 saturated carbocycles.